The number of thiazole rings is 1. The van der Waals surface area contributed by atoms with E-state index in [2.05, 4.69) is 36.3 Å². The number of aromatic nitrogens is 1. The Morgan fingerprint density at radius 3 is 2.67 bits per heavy atom. The molecule has 2 atom stereocenters. The Labute approximate surface area is 164 Å². The molecule has 1 saturated carbocycles. The van der Waals surface area contributed by atoms with Crippen LogP contribution in [0.25, 0.3) is 10.6 Å². The van der Waals surface area contributed by atoms with Crippen LogP contribution in [0.2, 0.25) is 0 Å². The van der Waals surface area contributed by atoms with E-state index in [4.69, 9.17) is 4.74 Å². The third-order valence-electron chi connectivity index (χ3n) is 5.11. The lowest BCUT2D eigenvalue weighted by atomic mass is 9.86. The Bertz CT molecular complexity index is 785. The van der Waals surface area contributed by atoms with Crippen LogP contribution in [0.3, 0.4) is 0 Å². The number of nitrogens with zero attached hydrogens (tertiary/aromatic N) is 1. The van der Waals surface area contributed by atoms with E-state index >= 15 is 0 Å². The molecule has 27 heavy (non-hydrogen) atoms. The number of benzene rings is 1. The second kappa shape index (κ2) is 9.13. The van der Waals surface area contributed by atoms with E-state index in [0.29, 0.717) is 5.92 Å². The minimum Gasteiger partial charge on any atom is -0.451 e. The van der Waals surface area contributed by atoms with Crippen molar-refractivity contribution in [2.75, 3.05) is 6.61 Å². The zero-order valence-corrected chi connectivity index (χ0v) is 16.7. The first-order valence-corrected chi connectivity index (χ1v) is 10.5. The van der Waals surface area contributed by atoms with Crippen LogP contribution in [0.1, 0.15) is 55.6 Å². The summed E-state index contributed by atoms with van der Waals surface area (Å²) >= 11 is 1.39. The number of carbonyl (C=O) groups is 2. The van der Waals surface area contributed by atoms with E-state index in [1.54, 1.807) is 5.38 Å². The molecule has 0 bridgehead atoms. The van der Waals surface area contributed by atoms with Gasteiger partial charge in [-0.05, 0) is 30.7 Å². The van der Waals surface area contributed by atoms with Crippen molar-refractivity contribution in [3.05, 3.63) is 40.9 Å². The van der Waals surface area contributed by atoms with Crippen molar-refractivity contribution in [3.63, 3.8) is 0 Å². The Hall–Kier alpha value is -2.21. The van der Waals surface area contributed by atoms with Crippen molar-refractivity contribution in [2.24, 2.45) is 5.92 Å². The molecule has 0 spiro atoms. The monoisotopic (exact) mass is 386 g/mol. The number of nitrogens with one attached hydrogen (secondary N) is 1. The molecule has 0 radical (unpaired) electrons. The van der Waals surface area contributed by atoms with Crippen molar-refractivity contribution < 1.29 is 14.3 Å². The van der Waals surface area contributed by atoms with Crippen molar-refractivity contribution in [3.8, 4) is 10.6 Å². The van der Waals surface area contributed by atoms with Gasteiger partial charge in [-0.15, -0.1) is 11.3 Å². The molecule has 6 heteroatoms. The standard InChI is InChI=1S/C21H26N2O3S/c1-3-15-8-10-16(11-9-15)20-23-18(13-27-20)21(25)26-12-19(24)22-17-7-5-4-6-14(17)2/h8-11,13-14,17H,3-7,12H2,1-2H3,(H,22,24)/t14-,17+/m0/s1. The average Bonchev–Trinajstić information content (AvgIpc) is 3.18. The molecule has 1 fully saturated rings. The zero-order valence-electron chi connectivity index (χ0n) is 15.9. The molecule has 5 nitrogen and oxygen atoms in total. The number of hydrogen-bond donors (Lipinski definition) is 1. The quantitative estimate of drug-likeness (QED) is 0.755. The molecule has 1 amide bonds. The first-order valence-electron chi connectivity index (χ1n) is 9.58. The molecule has 0 unspecified atom stereocenters. The maximum atomic E-state index is 12.2. The summed E-state index contributed by atoms with van der Waals surface area (Å²) in [6, 6.07) is 8.32. The Balaban J connectivity index is 1.52. The Morgan fingerprint density at radius 2 is 1.96 bits per heavy atom. The summed E-state index contributed by atoms with van der Waals surface area (Å²) in [5.41, 5.74) is 2.47. The highest BCUT2D eigenvalue weighted by atomic mass is 32.1. The number of rotatable bonds is 6. The third kappa shape index (κ3) is 5.16. The van der Waals surface area contributed by atoms with Crippen LogP contribution in [-0.2, 0) is 16.0 Å². The summed E-state index contributed by atoms with van der Waals surface area (Å²) in [6.07, 6.45) is 5.46. The average molecular weight is 387 g/mol. The Kier molecular flexibility index (Phi) is 6.61. The van der Waals surface area contributed by atoms with Gasteiger partial charge >= 0.3 is 5.97 Å². The molecule has 1 aromatic heterocycles. The topological polar surface area (TPSA) is 68.3 Å². The summed E-state index contributed by atoms with van der Waals surface area (Å²) in [5, 5.41) is 5.43. The molecule has 1 heterocycles. The summed E-state index contributed by atoms with van der Waals surface area (Å²) in [5.74, 6) is -0.333. The van der Waals surface area contributed by atoms with Gasteiger partial charge in [0.1, 0.15) is 5.01 Å². The first kappa shape index (κ1) is 19.5. The SMILES string of the molecule is CCc1ccc(-c2nc(C(=O)OCC(=O)N[C@@H]3CCCC[C@@H]3C)cs2)cc1. The fraction of sp³-hybridized carbons (Fsp3) is 0.476. The van der Waals surface area contributed by atoms with Crippen molar-refractivity contribution in [1.29, 1.82) is 0 Å². The maximum Gasteiger partial charge on any atom is 0.358 e. The fourth-order valence-corrected chi connectivity index (χ4v) is 4.16. The smallest absolute Gasteiger partial charge is 0.358 e. The van der Waals surface area contributed by atoms with E-state index in [1.165, 1.54) is 23.3 Å². The van der Waals surface area contributed by atoms with Gasteiger partial charge in [0.15, 0.2) is 12.3 Å². The molecule has 2 aromatic rings. The van der Waals surface area contributed by atoms with Crippen LogP contribution in [0.5, 0.6) is 0 Å². The fourth-order valence-electron chi connectivity index (χ4n) is 3.37. The molecule has 3 rings (SSSR count). The van der Waals surface area contributed by atoms with Crippen molar-refractivity contribution in [1.82, 2.24) is 10.3 Å². The number of esters is 1. The van der Waals surface area contributed by atoms with Gasteiger partial charge in [0.05, 0.1) is 0 Å². The van der Waals surface area contributed by atoms with Crippen molar-refractivity contribution >= 4 is 23.2 Å². The van der Waals surface area contributed by atoms with Crippen LogP contribution in [0.4, 0.5) is 0 Å². The van der Waals surface area contributed by atoms with Crippen LogP contribution >= 0.6 is 11.3 Å². The largest absolute Gasteiger partial charge is 0.451 e. The molecule has 1 aromatic carbocycles. The van der Waals surface area contributed by atoms with Gasteiger partial charge in [-0.3, -0.25) is 4.79 Å². The lowest BCUT2D eigenvalue weighted by molar-refractivity contribution is -0.125. The van der Waals surface area contributed by atoms with E-state index in [-0.39, 0.29) is 24.2 Å². The highest BCUT2D eigenvalue weighted by Crippen LogP contribution is 2.25. The Morgan fingerprint density at radius 1 is 1.22 bits per heavy atom. The van der Waals surface area contributed by atoms with Gasteiger partial charge in [-0.1, -0.05) is 51.0 Å². The van der Waals surface area contributed by atoms with Gasteiger partial charge in [0.2, 0.25) is 0 Å². The lowest BCUT2D eigenvalue weighted by Crippen LogP contribution is -2.42. The molecule has 0 aliphatic heterocycles. The van der Waals surface area contributed by atoms with E-state index in [1.807, 2.05) is 12.1 Å². The second-order valence-electron chi connectivity index (χ2n) is 7.10. The number of aryl methyl sites for hydroxylation is 1. The molecule has 1 N–H and O–H groups in total. The van der Waals surface area contributed by atoms with Gasteiger partial charge in [0, 0.05) is 17.0 Å². The molecule has 1 aliphatic carbocycles. The molecular weight excluding hydrogens is 360 g/mol. The summed E-state index contributed by atoms with van der Waals surface area (Å²) in [4.78, 5) is 28.6. The zero-order chi connectivity index (χ0) is 19.2. The molecular formula is C21H26N2O3S. The predicted molar refractivity (Wildman–Crippen MR) is 107 cm³/mol. The lowest BCUT2D eigenvalue weighted by Gasteiger charge is -2.29. The minimum absolute atomic E-state index is 0.182. The summed E-state index contributed by atoms with van der Waals surface area (Å²) < 4.78 is 5.15. The van der Waals surface area contributed by atoms with Gasteiger partial charge in [-0.25, -0.2) is 9.78 Å². The van der Waals surface area contributed by atoms with Crippen molar-refractivity contribution in [2.45, 2.75) is 52.0 Å². The highest BCUT2D eigenvalue weighted by molar-refractivity contribution is 7.13. The number of ether oxygens (including phenoxy) is 1. The molecule has 0 saturated heterocycles. The molecule has 1 aliphatic rings. The van der Waals surface area contributed by atoms with Crippen LogP contribution in [0.15, 0.2) is 29.6 Å². The van der Waals surface area contributed by atoms with Crippen LogP contribution < -0.4 is 5.32 Å². The van der Waals surface area contributed by atoms with E-state index < -0.39 is 5.97 Å². The number of carbonyl (C=O) groups excluding carboxylic acids is 2. The highest BCUT2D eigenvalue weighted by Gasteiger charge is 2.23. The summed E-state index contributed by atoms with van der Waals surface area (Å²) in [7, 11) is 0. The van der Waals surface area contributed by atoms with E-state index in [9.17, 15) is 9.59 Å². The van der Waals surface area contributed by atoms with Gasteiger partial charge in [0.25, 0.3) is 5.91 Å². The van der Waals surface area contributed by atoms with Gasteiger partial charge < -0.3 is 10.1 Å². The van der Waals surface area contributed by atoms with Crippen LogP contribution in [-0.4, -0.2) is 29.5 Å². The number of hydrogen-bond acceptors (Lipinski definition) is 5. The van der Waals surface area contributed by atoms with E-state index in [0.717, 1.165) is 36.3 Å². The van der Waals surface area contributed by atoms with Crippen LogP contribution in [0, 0.1) is 5.92 Å². The second-order valence-corrected chi connectivity index (χ2v) is 7.96. The minimum atomic E-state index is -0.561. The van der Waals surface area contributed by atoms with Gasteiger partial charge in [-0.2, -0.15) is 0 Å². The number of amides is 1. The summed E-state index contributed by atoms with van der Waals surface area (Å²) in [6.45, 7) is 4.00. The molecule has 144 valence electrons. The normalized spacial score (nSPS) is 19.5. The maximum absolute atomic E-state index is 12.2. The third-order valence-corrected chi connectivity index (χ3v) is 6.01. The predicted octanol–water partition coefficient (Wildman–Crippen LogP) is 4.22. The first-order chi connectivity index (χ1) is 13.1.